The Bertz CT molecular complexity index is 980. The summed E-state index contributed by atoms with van der Waals surface area (Å²) >= 11 is 1.63. The van der Waals surface area contributed by atoms with Gasteiger partial charge in [0, 0.05) is 23.5 Å². The number of carbonyl (C=O) groups excluding carboxylic acids is 3. The molecule has 9 heteroatoms. The van der Waals surface area contributed by atoms with Gasteiger partial charge in [-0.25, -0.2) is 4.79 Å². The zero-order valence-electron chi connectivity index (χ0n) is 18.6. The van der Waals surface area contributed by atoms with E-state index >= 15 is 0 Å². The molecule has 32 heavy (non-hydrogen) atoms. The van der Waals surface area contributed by atoms with E-state index in [0.717, 1.165) is 30.6 Å². The molecule has 2 aromatic rings. The van der Waals surface area contributed by atoms with Gasteiger partial charge in [0.25, 0.3) is 5.91 Å². The van der Waals surface area contributed by atoms with E-state index in [2.05, 4.69) is 10.4 Å². The van der Waals surface area contributed by atoms with E-state index in [0.29, 0.717) is 18.7 Å². The summed E-state index contributed by atoms with van der Waals surface area (Å²) in [7, 11) is 0. The van der Waals surface area contributed by atoms with Crippen LogP contribution in [0.5, 0.6) is 0 Å². The Labute approximate surface area is 191 Å². The third-order valence-corrected chi connectivity index (χ3v) is 7.31. The van der Waals surface area contributed by atoms with Crippen molar-refractivity contribution in [3.8, 4) is 0 Å². The molecular formula is C23H30N4O4S. The number of carbonyl (C=O) groups is 3. The van der Waals surface area contributed by atoms with Crippen LogP contribution in [0.3, 0.4) is 0 Å². The van der Waals surface area contributed by atoms with E-state index < -0.39 is 11.5 Å². The second-order valence-corrected chi connectivity index (χ2v) is 9.69. The van der Waals surface area contributed by atoms with E-state index in [1.807, 2.05) is 17.5 Å². The SMILES string of the molecule is CCOC(=O)c1cc2n(n1)C[C@@](C)(C(=O)NC1CCCCC1)N(CCc1cccs1)C2=O. The third-order valence-electron chi connectivity index (χ3n) is 6.37. The summed E-state index contributed by atoms with van der Waals surface area (Å²) in [5.41, 5.74) is -0.705. The quantitative estimate of drug-likeness (QED) is 0.644. The summed E-state index contributed by atoms with van der Waals surface area (Å²) in [5, 5.41) is 9.50. The summed E-state index contributed by atoms with van der Waals surface area (Å²) < 4.78 is 6.53. The predicted molar refractivity (Wildman–Crippen MR) is 121 cm³/mol. The highest BCUT2D eigenvalue weighted by Gasteiger charge is 2.48. The van der Waals surface area contributed by atoms with Crippen LogP contribution in [0.25, 0.3) is 0 Å². The van der Waals surface area contributed by atoms with Crippen molar-refractivity contribution in [3.05, 3.63) is 39.8 Å². The van der Waals surface area contributed by atoms with E-state index in [1.54, 1.807) is 30.1 Å². The van der Waals surface area contributed by atoms with Crippen LogP contribution < -0.4 is 5.32 Å². The fourth-order valence-corrected chi connectivity index (χ4v) is 5.26. The highest BCUT2D eigenvalue weighted by Crippen LogP contribution is 2.29. The molecule has 172 valence electrons. The molecule has 8 nitrogen and oxygen atoms in total. The number of amides is 2. The lowest BCUT2D eigenvalue weighted by atomic mass is 9.91. The fraction of sp³-hybridized carbons (Fsp3) is 0.565. The van der Waals surface area contributed by atoms with Gasteiger partial charge in [0.1, 0.15) is 11.2 Å². The highest BCUT2D eigenvalue weighted by molar-refractivity contribution is 7.09. The largest absolute Gasteiger partial charge is 0.461 e. The molecule has 3 heterocycles. The number of ether oxygens (including phenoxy) is 1. The predicted octanol–water partition coefficient (Wildman–Crippen LogP) is 3.03. The van der Waals surface area contributed by atoms with Crippen LogP contribution in [0.1, 0.15) is 71.8 Å². The molecule has 1 N–H and O–H groups in total. The van der Waals surface area contributed by atoms with Crippen molar-refractivity contribution in [1.82, 2.24) is 20.0 Å². The Hall–Kier alpha value is -2.68. The topological polar surface area (TPSA) is 93.5 Å². The molecule has 0 unspecified atom stereocenters. The molecule has 2 amide bonds. The number of fused-ring (bicyclic) bond motifs is 1. The van der Waals surface area contributed by atoms with Crippen molar-refractivity contribution in [2.45, 2.75) is 70.5 Å². The lowest BCUT2D eigenvalue weighted by Crippen LogP contribution is -2.65. The number of rotatable bonds is 7. The maximum Gasteiger partial charge on any atom is 0.358 e. The van der Waals surface area contributed by atoms with Gasteiger partial charge in [-0.15, -0.1) is 11.3 Å². The Morgan fingerprint density at radius 3 is 2.78 bits per heavy atom. The minimum absolute atomic E-state index is 0.0883. The first kappa shape index (κ1) is 22.5. The first-order valence-corrected chi connectivity index (χ1v) is 12.2. The fourth-order valence-electron chi connectivity index (χ4n) is 4.56. The van der Waals surface area contributed by atoms with Gasteiger partial charge in [0.15, 0.2) is 5.69 Å². The molecule has 0 spiro atoms. The van der Waals surface area contributed by atoms with E-state index in [-0.39, 0.29) is 36.7 Å². The van der Waals surface area contributed by atoms with Gasteiger partial charge < -0.3 is 15.0 Å². The van der Waals surface area contributed by atoms with E-state index in [9.17, 15) is 14.4 Å². The molecule has 2 aliphatic rings. The van der Waals surface area contributed by atoms with Crippen LogP contribution in [0, 0.1) is 0 Å². The molecule has 0 bridgehead atoms. The van der Waals surface area contributed by atoms with Gasteiger partial charge in [0.2, 0.25) is 5.91 Å². The number of aromatic nitrogens is 2. The Kier molecular flexibility index (Phi) is 6.64. The van der Waals surface area contributed by atoms with E-state index in [1.165, 1.54) is 17.2 Å². The van der Waals surface area contributed by atoms with Crippen molar-refractivity contribution in [2.24, 2.45) is 0 Å². The maximum atomic E-state index is 13.5. The molecular weight excluding hydrogens is 428 g/mol. The van der Waals surface area contributed by atoms with Crippen LogP contribution in [0.15, 0.2) is 23.6 Å². The van der Waals surface area contributed by atoms with Crippen LogP contribution in [-0.4, -0.2) is 57.2 Å². The van der Waals surface area contributed by atoms with Crippen molar-refractivity contribution in [2.75, 3.05) is 13.2 Å². The van der Waals surface area contributed by atoms with Gasteiger partial charge in [-0.1, -0.05) is 25.3 Å². The van der Waals surface area contributed by atoms with Crippen LogP contribution >= 0.6 is 11.3 Å². The van der Waals surface area contributed by atoms with Crippen LogP contribution in [0.2, 0.25) is 0 Å². The van der Waals surface area contributed by atoms with Gasteiger partial charge in [-0.3, -0.25) is 14.3 Å². The second kappa shape index (κ2) is 9.44. The van der Waals surface area contributed by atoms with Crippen LogP contribution in [-0.2, 0) is 22.5 Å². The lowest BCUT2D eigenvalue weighted by Gasteiger charge is -2.44. The van der Waals surface area contributed by atoms with Crippen molar-refractivity contribution >= 4 is 29.1 Å². The molecule has 1 aliphatic heterocycles. The lowest BCUT2D eigenvalue weighted by molar-refractivity contribution is -0.134. The molecule has 1 aliphatic carbocycles. The minimum Gasteiger partial charge on any atom is -0.461 e. The molecule has 0 radical (unpaired) electrons. The Morgan fingerprint density at radius 1 is 1.31 bits per heavy atom. The van der Waals surface area contributed by atoms with Crippen molar-refractivity contribution in [3.63, 3.8) is 0 Å². The monoisotopic (exact) mass is 458 g/mol. The molecule has 2 aromatic heterocycles. The summed E-state index contributed by atoms with van der Waals surface area (Å²) in [4.78, 5) is 42.0. The first-order valence-electron chi connectivity index (χ1n) is 11.3. The maximum absolute atomic E-state index is 13.5. The van der Waals surface area contributed by atoms with Gasteiger partial charge >= 0.3 is 5.97 Å². The summed E-state index contributed by atoms with van der Waals surface area (Å²) in [6.45, 7) is 4.35. The number of thiophene rings is 1. The summed E-state index contributed by atoms with van der Waals surface area (Å²) in [6, 6.07) is 5.61. The minimum atomic E-state index is -1.10. The number of nitrogens with one attached hydrogen (secondary N) is 1. The van der Waals surface area contributed by atoms with Gasteiger partial charge in [0.05, 0.1) is 13.2 Å². The van der Waals surface area contributed by atoms with Crippen LogP contribution in [0.4, 0.5) is 0 Å². The number of esters is 1. The summed E-state index contributed by atoms with van der Waals surface area (Å²) in [5.74, 6) is -1.03. The Balaban J connectivity index is 1.62. The second-order valence-electron chi connectivity index (χ2n) is 8.66. The van der Waals surface area contributed by atoms with Crippen molar-refractivity contribution < 1.29 is 19.1 Å². The standard InChI is InChI=1S/C23H30N4O4S/c1-3-31-21(29)18-14-19-20(28)26(12-11-17-10-7-13-32-17)23(2,15-27(19)25-18)22(30)24-16-8-5-4-6-9-16/h7,10,13-14,16H,3-6,8-9,11-12,15H2,1-2H3,(H,24,30)/t23-/m0/s1. The summed E-state index contributed by atoms with van der Waals surface area (Å²) in [6.07, 6.45) is 6.00. The molecule has 4 rings (SSSR count). The smallest absolute Gasteiger partial charge is 0.358 e. The zero-order valence-corrected chi connectivity index (χ0v) is 19.5. The molecule has 0 saturated heterocycles. The molecule has 0 aromatic carbocycles. The van der Waals surface area contributed by atoms with Gasteiger partial charge in [-0.2, -0.15) is 5.10 Å². The number of hydrogen-bond donors (Lipinski definition) is 1. The molecule has 1 atom stereocenters. The normalized spacial score (nSPS) is 21.3. The van der Waals surface area contributed by atoms with Crippen molar-refractivity contribution in [1.29, 1.82) is 0 Å². The third kappa shape index (κ3) is 4.44. The first-order chi connectivity index (χ1) is 15.4. The average Bonchev–Trinajstić information content (AvgIpc) is 3.44. The molecule has 1 saturated carbocycles. The van der Waals surface area contributed by atoms with E-state index in [4.69, 9.17) is 4.74 Å². The average molecular weight is 459 g/mol. The van der Waals surface area contributed by atoms with Gasteiger partial charge in [-0.05, 0) is 44.6 Å². The number of hydrogen-bond acceptors (Lipinski definition) is 6. The highest BCUT2D eigenvalue weighted by atomic mass is 32.1. The Morgan fingerprint density at radius 2 is 2.09 bits per heavy atom. The zero-order chi connectivity index (χ0) is 22.7. The molecule has 1 fully saturated rings. The number of nitrogens with zero attached hydrogens (tertiary/aromatic N) is 3.